The molecule has 0 radical (unpaired) electrons. The Labute approximate surface area is 135 Å². The second-order valence-electron chi connectivity index (χ2n) is 6.26. The number of carbonyl (C=O) groups excluding carboxylic acids is 1. The molecule has 1 amide bonds. The van der Waals surface area contributed by atoms with E-state index in [4.69, 9.17) is 9.57 Å². The SMILES string of the molecule is COc1ccccc1C1=NO[C@](C)(C(=O)N2CCC(O)CC2)C1. The summed E-state index contributed by atoms with van der Waals surface area (Å²) in [5.74, 6) is 0.644. The van der Waals surface area contributed by atoms with Crippen molar-refractivity contribution in [3.05, 3.63) is 29.8 Å². The minimum absolute atomic E-state index is 0.0713. The van der Waals surface area contributed by atoms with E-state index in [1.807, 2.05) is 24.3 Å². The molecule has 1 atom stereocenters. The highest BCUT2D eigenvalue weighted by molar-refractivity contribution is 6.07. The molecule has 2 aliphatic heterocycles. The first-order chi connectivity index (χ1) is 11.0. The number of para-hydroxylation sites is 1. The Morgan fingerprint density at radius 3 is 2.78 bits per heavy atom. The van der Waals surface area contributed by atoms with E-state index in [1.165, 1.54) is 0 Å². The number of carbonyl (C=O) groups is 1. The van der Waals surface area contributed by atoms with Crippen molar-refractivity contribution < 1.29 is 19.5 Å². The standard InChI is InChI=1S/C17H22N2O4/c1-17(16(21)19-9-7-12(20)8-10-19)11-14(18-23-17)13-5-3-4-6-15(13)22-2/h3-6,12,20H,7-11H2,1-2H3/t17-/m0/s1. The average molecular weight is 318 g/mol. The van der Waals surface area contributed by atoms with Crippen LogP contribution in [-0.2, 0) is 9.63 Å². The van der Waals surface area contributed by atoms with Crippen molar-refractivity contribution in [3.63, 3.8) is 0 Å². The molecule has 0 aliphatic carbocycles. The Morgan fingerprint density at radius 2 is 2.09 bits per heavy atom. The number of aliphatic hydroxyl groups is 1. The summed E-state index contributed by atoms with van der Waals surface area (Å²) in [5.41, 5.74) is 0.578. The van der Waals surface area contributed by atoms with Gasteiger partial charge in [-0.15, -0.1) is 0 Å². The lowest BCUT2D eigenvalue weighted by Gasteiger charge is -2.34. The van der Waals surface area contributed by atoms with Crippen molar-refractivity contribution in [1.82, 2.24) is 4.90 Å². The van der Waals surface area contributed by atoms with Crippen molar-refractivity contribution >= 4 is 11.6 Å². The molecule has 124 valence electrons. The van der Waals surface area contributed by atoms with Crippen LogP contribution in [0, 0.1) is 0 Å². The fourth-order valence-electron chi connectivity index (χ4n) is 3.09. The number of methoxy groups -OCH3 is 1. The highest BCUT2D eigenvalue weighted by atomic mass is 16.7. The fraction of sp³-hybridized carbons (Fsp3) is 0.529. The Hall–Kier alpha value is -2.08. The molecule has 23 heavy (non-hydrogen) atoms. The molecule has 1 saturated heterocycles. The van der Waals surface area contributed by atoms with Crippen LogP contribution in [0.3, 0.4) is 0 Å². The molecule has 1 fully saturated rings. The van der Waals surface area contributed by atoms with E-state index in [9.17, 15) is 9.90 Å². The van der Waals surface area contributed by atoms with E-state index in [0.29, 0.717) is 38.1 Å². The summed E-state index contributed by atoms with van der Waals surface area (Å²) in [4.78, 5) is 20.1. The van der Waals surface area contributed by atoms with Crippen LogP contribution in [0.5, 0.6) is 5.75 Å². The molecule has 2 aliphatic rings. The van der Waals surface area contributed by atoms with Gasteiger partial charge in [-0.2, -0.15) is 0 Å². The molecule has 6 heteroatoms. The van der Waals surface area contributed by atoms with Crippen molar-refractivity contribution in [2.45, 2.75) is 37.9 Å². The third-order valence-corrected chi connectivity index (χ3v) is 4.48. The van der Waals surface area contributed by atoms with Gasteiger partial charge in [0.2, 0.25) is 5.60 Å². The largest absolute Gasteiger partial charge is 0.496 e. The Bertz CT molecular complexity index is 623. The Morgan fingerprint density at radius 1 is 1.39 bits per heavy atom. The van der Waals surface area contributed by atoms with Gasteiger partial charge in [0.05, 0.1) is 18.9 Å². The lowest BCUT2D eigenvalue weighted by molar-refractivity contribution is -0.155. The quantitative estimate of drug-likeness (QED) is 0.918. The summed E-state index contributed by atoms with van der Waals surface area (Å²) in [6, 6.07) is 7.57. The highest BCUT2D eigenvalue weighted by Gasteiger charge is 2.45. The van der Waals surface area contributed by atoms with Crippen molar-refractivity contribution in [3.8, 4) is 5.75 Å². The molecule has 1 aromatic rings. The Balaban J connectivity index is 1.73. The predicted octanol–water partition coefficient (Wildman–Crippen LogP) is 1.56. The number of ether oxygens (including phenoxy) is 1. The van der Waals surface area contributed by atoms with Gasteiger partial charge in [0.1, 0.15) is 5.75 Å². The zero-order chi connectivity index (χ0) is 16.4. The van der Waals surface area contributed by atoms with Gasteiger partial charge in [0.15, 0.2) is 0 Å². The first-order valence-electron chi connectivity index (χ1n) is 7.89. The molecule has 0 bridgehead atoms. The summed E-state index contributed by atoms with van der Waals surface area (Å²) in [7, 11) is 1.61. The first-order valence-corrected chi connectivity index (χ1v) is 7.89. The van der Waals surface area contributed by atoms with Gasteiger partial charge in [-0.25, -0.2) is 0 Å². The maximum atomic E-state index is 12.8. The monoisotopic (exact) mass is 318 g/mol. The van der Waals surface area contributed by atoms with Crippen LogP contribution in [0.4, 0.5) is 0 Å². The molecule has 0 spiro atoms. The summed E-state index contributed by atoms with van der Waals surface area (Å²) < 4.78 is 5.35. The lowest BCUT2D eigenvalue weighted by atomic mass is 9.93. The van der Waals surface area contributed by atoms with Crippen LogP contribution in [0.25, 0.3) is 0 Å². The van der Waals surface area contributed by atoms with Gasteiger partial charge in [0.25, 0.3) is 5.91 Å². The molecule has 0 saturated carbocycles. The zero-order valence-corrected chi connectivity index (χ0v) is 13.5. The third-order valence-electron chi connectivity index (χ3n) is 4.48. The highest BCUT2D eigenvalue weighted by Crippen LogP contribution is 2.32. The summed E-state index contributed by atoms with van der Waals surface area (Å²) in [5, 5.41) is 13.7. The Kier molecular flexibility index (Phi) is 4.26. The maximum Gasteiger partial charge on any atom is 0.269 e. The average Bonchev–Trinajstić information content (AvgIpc) is 2.98. The summed E-state index contributed by atoms with van der Waals surface area (Å²) in [6.45, 7) is 2.89. The van der Waals surface area contributed by atoms with E-state index in [0.717, 1.165) is 11.3 Å². The number of likely N-dealkylation sites (tertiary alicyclic amines) is 1. The van der Waals surface area contributed by atoms with Crippen molar-refractivity contribution in [2.24, 2.45) is 5.16 Å². The van der Waals surface area contributed by atoms with Gasteiger partial charge in [0, 0.05) is 25.1 Å². The van der Waals surface area contributed by atoms with E-state index < -0.39 is 5.60 Å². The smallest absolute Gasteiger partial charge is 0.269 e. The number of oxime groups is 1. The normalized spacial score (nSPS) is 25.0. The van der Waals surface area contributed by atoms with Gasteiger partial charge >= 0.3 is 0 Å². The predicted molar refractivity (Wildman–Crippen MR) is 85.5 cm³/mol. The van der Waals surface area contributed by atoms with Crippen LogP contribution in [0.1, 0.15) is 31.7 Å². The summed E-state index contributed by atoms with van der Waals surface area (Å²) in [6.07, 6.45) is 1.33. The number of rotatable bonds is 3. The van der Waals surface area contributed by atoms with Gasteiger partial charge in [-0.05, 0) is 31.9 Å². The fourth-order valence-corrected chi connectivity index (χ4v) is 3.09. The van der Waals surface area contributed by atoms with E-state index in [2.05, 4.69) is 5.16 Å². The molecular weight excluding hydrogens is 296 g/mol. The van der Waals surface area contributed by atoms with E-state index in [-0.39, 0.29) is 12.0 Å². The minimum Gasteiger partial charge on any atom is -0.496 e. The van der Waals surface area contributed by atoms with E-state index >= 15 is 0 Å². The minimum atomic E-state index is -0.988. The number of hydrogen-bond acceptors (Lipinski definition) is 5. The second-order valence-corrected chi connectivity index (χ2v) is 6.26. The number of amides is 1. The molecular formula is C17H22N2O4. The molecule has 1 N–H and O–H groups in total. The van der Waals surface area contributed by atoms with Crippen LogP contribution >= 0.6 is 0 Å². The molecule has 1 aromatic carbocycles. The summed E-state index contributed by atoms with van der Waals surface area (Å²) >= 11 is 0. The third kappa shape index (κ3) is 3.03. The molecule has 3 rings (SSSR count). The van der Waals surface area contributed by atoms with E-state index in [1.54, 1.807) is 18.9 Å². The van der Waals surface area contributed by atoms with Crippen LogP contribution in [0.2, 0.25) is 0 Å². The molecule has 6 nitrogen and oxygen atoms in total. The van der Waals surface area contributed by atoms with Crippen molar-refractivity contribution in [1.29, 1.82) is 0 Å². The first kappa shape index (κ1) is 15.8. The number of piperidine rings is 1. The van der Waals surface area contributed by atoms with Crippen LogP contribution in [-0.4, -0.2) is 53.5 Å². The number of aliphatic hydroxyl groups excluding tert-OH is 1. The molecule has 0 unspecified atom stereocenters. The number of benzene rings is 1. The van der Waals surface area contributed by atoms with Crippen molar-refractivity contribution in [2.75, 3.05) is 20.2 Å². The number of nitrogens with zero attached hydrogens (tertiary/aromatic N) is 2. The van der Waals surface area contributed by atoms with Gasteiger partial charge in [-0.3, -0.25) is 4.79 Å². The van der Waals surface area contributed by atoms with Gasteiger partial charge in [-0.1, -0.05) is 17.3 Å². The van der Waals surface area contributed by atoms with Gasteiger partial charge < -0.3 is 19.6 Å². The number of hydrogen-bond donors (Lipinski definition) is 1. The van der Waals surface area contributed by atoms with Crippen LogP contribution < -0.4 is 4.74 Å². The topological polar surface area (TPSA) is 71.4 Å². The molecule has 2 heterocycles. The second kappa shape index (κ2) is 6.20. The maximum absolute atomic E-state index is 12.8. The zero-order valence-electron chi connectivity index (χ0n) is 13.5. The lowest BCUT2D eigenvalue weighted by Crippen LogP contribution is -2.50. The molecule has 0 aromatic heterocycles. The van der Waals surface area contributed by atoms with Crippen LogP contribution in [0.15, 0.2) is 29.4 Å².